The predicted octanol–water partition coefficient (Wildman–Crippen LogP) is 2.40. The van der Waals surface area contributed by atoms with Crippen LogP contribution in [0.4, 0.5) is 0 Å². The summed E-state index contributed by atoms with van der Waals surface area (Å²) >= 11 is 3.36. The van der Waals surface area contributed by atoms with Crippen LogP contribution in [0.25, 0.3) is 0 Å². The molecule has 0 aliphatic carbocycles. The van der Waals surface area contributed by atoms with Gasteiger partial charge in [0.25, 0.3) is 0 Å². The molecule has 13 heavy (non-hydrogen) atoms. The fourth-order valence-corrected chi connectivity index (χ4v) is 2.08. The van der Waals surface area contributed by atoms with E-state index in [1.807, 2.05) is 0 Å². The van der Waals surface area contributed by atoms with E-state index in [-0.39, 0.29) is 0 Å². The van der Waals surface area contributed by atoms with E-state index in [4.69, 9.17) is 4.74 Å². The predicted molar refractivity (Wildman–Crippen MR) is 59.2 cm³/mol. The van der Waals surface area contributed by atoms with Crippen molar-refractivity contribution >= 4 is 15.9 Å². The Balaban J connectivity index is 2.18. The van der Waals surface area contributed by atoms with E-state index in [0.717, 1.165) is 24.2 Å². The lowest BCUT2D eigenvalue weighted by molar-refractivity contribution is 0.000126. The quantitative estimate of drug-likeness (QED) is 0.757. The summed E-state index contributed by atoms with van der Waals surface area (Å²) in [5, 5.41) is 0. The summed E-state index contributed by atoms with van der Waals surface area (Å²) in [6.07, 6.45) is 4.18. The third-order valence-electron chi connectivity index (χ3n) is 2.23. The Morgan fingerprint density at radius 1 is 1.62 bits per heavy atom. The number of halogens is 1. The summed E-state index contributed by atoms with van der Waals surface area (Å²) in [5.74, 6) is 0. The van der Waals surface area contributed by atoms with Crippen LogP contribution in [0.2, 0.25) is 0 Å². The Bertz CT molecular complexity index is 166. The highest BCUT2D eigenvalue weighted by Crippen LogP contribution is 2.14. The summed E-state index contributed by atoms with van der Waals surface area (Å²) in [5.41, 5.74) is 0. The first kappa shape index (κ1) is 11.2. The Kier molecular flexibility index (Phi) is 4.99. The lowest BCUT2D eigenvalue weighted by atomic mass is 10.1. The first-order chi connectivity index (χ1) is 6.18. The molecule has 0 aromatic rings. The van der Waals surface area contributed by atoms with Crippen LogP contribution < -0.4 is 0 Å². The van der Waals surface area contributed by atoms with E-state index in [9.17, 15) is 0 Å². The Morgan fingerprint density at radius 3 is 2.92 bits per heavy atom. The zero-order valence-corrected chi connectivity index (χ0v) is 9.85. The van der Waals surface area contributed by atoms with Crippen molar-refractivity contribution in [1.82, 2.24) is 4.90 Å². The van der Waals surface area contributed by atoms with Gasteiger partial charge in [0.15, 0.2) is 0 Å². The lowest BCUT2D eigenvalue weighted by Crippen LogP contribution is -2.33. The lowest BCUT2D eigenvalue weighted by Gasteiger charge is -2.27. The standard InChI is InChI=1S/C10H18BrNO/c1-9(11)7-12(2)8-10-5-3-4-6-13-10/h10H,1,3-8H2,2H3/t10-/m0/s1. The molecule has 76 valence electrons. The molecule has 1 aliphatic rings. The topological polar surface area (TPSA) is 12.5 Å². The molecule has 0 aromatic heterocycles. The van der Waals surface area contributed by atoms with Crippen molar-refractivity contribution in [3.05, 3.63) is 11.1 Å². The van der Waals surface area contributed by atoms with Gasteiger partial charge < -0.3 is 4.74 Å². The van der Waals surface area contributed by atoms with Crippen LogP contribution in [0.3, 0.4) is 0 Å². The van der Waals surface area contributed by atoms with Crippen molar-refractivity contribution in [1.29, 1.82) is 0 Å². The van der Waals surface area contributed by atoms with Gasteiger partial charge in [-0.15, -0.1) is 0 Å². The first-order valence-corrected chi connectivity index (χ1v) is 5.61. The van der Waals surface area contributed by atoms with Crippen LogP contribution in [-0.2, 0) is 4.74 Å². The van der Waals surface area contributed by atoms with Crippen LogP contribution in [0.15, 0.2) is 11.1 Å². The van der Waals surface area contributed by atoms with Crippen LogP contribution >= 0.6 is 15.9 Å². The van der Waals surface area contributed by atoms with E-state index in [1.54, 1.807) is 0 Å². The number of hydrogen-bond donors (Lipinski definition) is 0. The zero-order valence-electron chi connectivity index (χ0n) is 8.26. The van der Waals surface area contributed by atoms with Gasteiger partial charge in [0.05, 0.1) is 6.10 Å². The Hall–Kier alpha value is 0.140. The van der Waals surface area contributed by atoms with Crippen molar-refractivity contribution in [2.45, 2.75) is 25.4 Å². The van der Waals surface area contributed by atoms with Crippen molar-refractivity contribution in [2.75, 3.05) is 26.7 Å². The average molecular weight is 248 g/mol. The molecule has 0 saturated carbocycles. The molecular formula is C10H18BrNO. The molecule has 0 bridgehead atoms. The number of likely N-dealkylation sites (N-methyl/N-ethyl adjacent to an activating group) is 1. The summed E-state index contributed by atoms with van der Waals surface area (Å²) in [6, 6.07) is 0. The molecule has 1 heterocycles. The summed E-state index contributed by atoms with van der Waals surface area (Å²) in [4.78, 5) is 2.24. The van der Waals surface area contributed by atoms with Crippen LogP contribution in [0, 0.1) is 0 Å². The monoisotopic (exact) mass is 247 g/mol. The van der Waals surface area contributed by atoms with Gasteiger partial charge >= 0.3 is 0 Å². The van der Waals surface area contributed by atoms with Gasteiger partial charge in [-0.2, -0.15) is 0 Å². The molecule has 1 rings (SSSR count). The smallest absolute Gasteiger partial charge is 0.0702 e. The first-order valence-electron chi connectivity index (χ1n) is 4.82. The second-order valence-corrected chi connectivity index (χ2v) is 4.82. The van der Waals surface area contributed by atoms with Gasteiger partial charge in [-0.05, 0) is 26.3 Å². The van der Waals surface area contributed by atoms with Gasteiger partial charge in [-0.3, -0.25) is 4.90 Å². The molecule has 3 heteroatoms. The summed E-state index contributed by atoms with van der Waals surface area (Å²) < 4.78 is 6.68. The average Bonchev–Trinajstić information content (AvgIpc) is 2.04. The molecule has 0 aromatic carbocycles. The maximum absolute atomic E-state index is 5.64. The third kappa shape index (κ3) is 4.79. The number of hydrogen-bond acceptors (Lipinski definition) is 2. The second-order valence-electron chi connectivity index (χ2n) is 3.70. The Morgan fingerprint density at radius 2 is 2.38 bits per heavy atom. The van der Waals surface area contributed by atoms with Crippen LogP contribution in [-0.4, -0.2) is 37.7 Å². The Labute approximate surface area is 89.1 Å². The third-order valence-corrected chi connectivity index (χ3v) is 2.48. The minimum absolute atomic E-state index is 0.436. The van der Waals surface area contributed by atoms with E-state index in [2.05, 4.69) is 34.5 Å². The molecule has 0 unspecified atom stereocenters. The number of rotatable bonds is 4. The second kappa shape index (κ2) is 5.78. The highest BCUT2D eigenvalue weighted by molar-refractivity contribution is 9.11. The van der Waals surface area contributed by atoms with E-state index in [1.165, 1.54) is 19.3 Å². The van der Waals surface area contributed by atoms with Crippen molar-refractivity contribution in [3.8, 4) is 0 Å². The zero-order chi connectivity index (χ0) is 9.68. The molecule has 0 spiro atoms. The fraction of sp³-hybridized carbons (Fsp3) is 0.800. The van der Waals surface area contributed by atoms with Gasteiger partial charge in [0.2, 0.25) is 0 Å². The minimum atomic E-state index is 0.436. The normalized spacial score (nSPS) is 23.5. The maximum Gasteiger partial charge on any atom is 0.0702 e. The van der Waals surface area contributed by atoms with Crippen LogP contribution in [0.1, 0.15) is 19.3 Å². The molecule has 1 saturated heterocycles. The van der Waals surface area contributed by atoms with Crippen molar-refractivity contribution in [3.63, 3.8) is 0 Å². The highest BCUT2D eigenvalue weighted by atomic mass is 79.9. The summed E-state index contributed by atoms with van der Waals surface area (Å²) in [6.45, 7) is 6.68. The molecule has 1 fully saturated rings. The minimum Gasteiger partial charge on any atom is -0.377 e. The van der Waals surface area contributed by atoms with Crippen molar-refractivity contribution < 1.29 is 4.74 Å². The van der Waals surface area contributed by atoms with E-state index < -0.39 is 0 Å². The molecular weight excluding hydrogens is 230 g/mol. The van der Waals surface area contributed by atoms with Crippen molar-refractivity contribution in [2.24, 2.45) is 0 Å². The largest absolute Gasteiger partial charge is 0.377 e. The molecule has 2 nitrogen and oxygen atoms in total. The molecule has 1 atom stereocenters. The molecule has 0 amide bonds. The van der Waals surface area contributed by atoms with E-state index in [0.29, 0.717) is 6.10 Å². The van der Waals surface area contributed by atoms with Gasteiger partial charge in [-0.1, -0.05) is 22.5 Å². The van der Waals surface area contributed by atoms with Gasteiger partial charge in [0.1, 0.15) is 0 Å². The molecule has 0 radical (unpaired) electrons. The number of nitrogens with zero attached hydrogens (tertiary/aromatic N) is 1. The fourth-order valence-electron chi connectivity index (χ4n) is 1.66. The van der Waals surface area contributed by atoms with E-state index >= 15 is 0 Å². The van der Waals surface area contributed by atoms with Crippen LogP contribution in [0.5, 0.6) is 0 Å². The number of ether oxygens (including phenoxy) is 1. The molecule has 1 aliphatic heterocycles. The van der Waals surface area contributed by atoms with Gasteiger partial charge in [-0.25, -0.2) is 0 Å². The highest BCUT2D eigenvalue weighted by Gasteiger charge is 2.15. The molecule has 0 N–H and O–H groups in total. The SMILES string of the molecule is C=C(Br)CN(C)C[C@@H]1CCCCO1. The maximum atomic E-state index is 5.64. The summed E-state index contributed by atoms with van der Waals surface area (Å²) in [7, 11) is 2.10. The van der Waals surface area contributed by atoms with Gasteiger partial charge in [0, 0.05) is 24.2 Å².